The molecule has 3 nitrogen and oxygen atoms in total. The maximum Gasteiger partial charge on any atom is 0.227 e. The lowest BCUT2D eigenvalue weighted by Crippen LogP contribution is -1.93. The Labute approximate surface area is 151 Å². The van der Waals surface area contributed by atoms with E-state index in [1.807, 2.05) is 56.3 Å². The first-order valence-corrected chi connectivity index (χ1v) is 8.54. The van der Waals surface area contributed by atoms with E-state index in [0.717, 1.165) is 27.8 Å². The fraction of sp³-hybridized carbons (Fsp3) is 0.136. The van der Waals surface area contributed by atoms with E-state index >= 15 is 0 Å². The number of fused-ring (bicyclic) bond motifs is 1. The predicted molar refractivity (Wildman–Crippen MR) is 101 cm³/mol. The summed E-state index contributed by atoms with van der Waals surface area (Å²) in [6.45, 7) is 4.41. The summed E-state index contributed by atoms with van der Waals surface area (Å²) in [7, 11) is 0. The molecular weight excluding hydrogens is 329 g/mol. The number of oxazole rings is 1. The lowest BCUT2D eigenvalue weighted by molar-refractivity contribution is 0.338. The molecule has 26 heavy (non-hydrogen) atoms. The van der Waals surface area contributed by atoms with Crippen molar-refractivity contribution < 1.29 is 13.5 Å². The summed E-state index contributed by atoms with van der Waals surface area (Å²) in [4.78, 5) is 4.54. The zero-order chi connectivity index (χ0) is 18.1. The van der Waals surface area contributed by atoms with Gasteiger partial charge in [-0.15, -0.1) is 0 Å². The van der Waals surface area contributed by atoms with Crippen LogP contribution in [0.1, 0.15) is 12.5 Å². The maximum atomic E-state index is 14.3. The molecule has 0 aliphatic carbocycles. The van der Waals surface area contributed by atoms with E-state index in [2.05, 4.69) is 4.98 Å². The van der Waals surface area contributed by atoms with E-state index in [9.17, 15) is 4.39 Å². The van der Waals surface area contributed by atoms with Crippen LogP contribution in [-0.2, 0) is 0 Å². The lowest BCUT2D eigenvalue weighted by Gasteiger charge is -2.07. The molecule has 4 aromatic rings. The van der Waals surface area contributed by atoms with Crippen LogP contribution in [0.2, 0.25) is 0 Å². The minimum absolute atomic E-state index is 0.305. The van der Waals surface area contributed by atoms with Crippen molar-refractivity contribution in [2.24, 2.45) is 0 Å². The second kappa shape index (κ2) is 6.64. The van der Waals surface area contributed by atoms with Gasteiger partial charge in [-0.1, -0.05) is 18.2 Å². The van der Waals surface area contributed by atoms with Gasteiger partial charge in [0.25, 0.3) is 0 Å². The monoisotopic (exact) mass is 347 g/mol. The van der Waals surface area contributed by atoms with Gasteiger partial charge in [-0.25, -0.2) is 9.37 Å². The third-order valence-electron chi connectivity index (χ3n) is 4.24. The number of hydrogen-bond donors (Lipinski definition) is 0. The van der Waals surface area contributed by atoms with E-state index < -0.39 is 0 Å². The van der Waals surface area contributed by atoms with Crippen LogP contribution in [-0.4, -0.2) is 11.6 Å². The zero-order valence-corrected chi connectivity index (χ0v) is 14.6. The van der Waals surface area contributed by atoms with Gasteiger partial charge in [0.05, 0.1) is 6.61 Å². The highest BCUT2D eigenvalue weighted by Crippen LogP contribution is 2.30. The topological polar surface area (TPSA) is 35.3 Å². The Morgan fingerprint density at radius 1 is 0.962 bits per heavy atom. The third-order valence-corrected chi connectivity index (χ3v) is 4.24. The minimum Gasteiger partial charge on any atom is -0.494 e. The van der Waals surface area contributed by atoms with Crippen molar-refractivity contribution in [3.8, 4) is 28.3 Å². The molecule has 4 rings (SSSR count). The first-order chi connectivity index (χ1) is 12.6. The summed E-state index contributed by atoms with van der Waals surface area (Å²) in [5, 5.41) is 0. The molecule has 0 bridgehead atoms. The smallest absolute Gasteiger partial charge is 0.227 e. The van der Waals surface area contributed by atoms with E-state index in [1.54, 1.807) is 12.1 Å². The predicted octanol–water partition coefficient (Wildman–Crippen LogP) is 6.01. The highest BCUT2D eigenvalue weighted by molar-refractivity contribution is 5.77. The van der Waals surface area contributed by atoms with Crippen molar-refractivity contribution in [2.45, 2.75) is 13.8 Å². The van der Waals surface area contributed by atoms with Crippen molar-refractivity contribution >= 4 is 11.1 Å². The number of aromatic nitrogens is 1. The molecule has 0 aliphatic heterocycles. The van der Waals surface area contributed by atoms with Crippen molar-refractivity contribution in [1.29, 1.82) is 0 Å². The molecule has 1 heterocycles. The lowest BCUT2D eigenvalue weighted by atomic mass is 10.0. The first-order valence-electron chi connectivity index (χ1n) is 8.54. The average Bonchev–Trinajstić information content (AvgIpc) is 3.05. The van der Waals surface area contributed by atoms with E-state index in [0.29, 0.717) is 23.8 Å². The Balaban J connectivity index is 1.65. The molecule has 4 heteroatoms. The first kappa shape index (κ1) is 16.3. The summed E-state index contributed by atoms with van der Waals surface area (Å²) < 4.78 is 25.5. The Kier molecular flexibility index (Phi) is 4.17. The van der Waals surface area contributed by atoms with E-state index in [1.165, 1.54) is 6.07 Å². The SMILES string of the molecule is CCOc1ccc(-c2ccc(-c3nc4cc(C)ccc4o3)cc2)c(F)c1. The number of halogens is 1. The molecule has 0 atom stereocenters. The summed E-state index contributed by atoms with van der Waals surface area (Å²) >= 11 is 0. The summed E-state index contributed by atoms with van der Waals surface area (Å²) in [6, 6.07) is 18.4. The van der Waals surface area contributed by atoms with Crippen molar-refractivity contribution in [3.63, 3.8) is 0 Å². The van der Waals surface area contributed by atoms with Crippen LogP contribution in [0.15, 0.2) is 65.1 Å². The fourth-order valence-corrected chi connectivity index (χ4v) is 2.94. The van der Waals surface area contributed by atoms with Crippen molar-refractivity contribution in [3.05, 3.63) is 72.0 Å². The number of hydrogen-bond acceptors (Lipinski definition) is 3. The van der Waals surface area contributed by atoms with E-state index in [4.69, 9.17) is 9.15 Å². The molecule has 0 fully saturated rings. The van der Waals surface area contributed by atoms with Crippen molar-refractivity contribution in [1.82, 2.24) is 4.98 Å². The van der Waals surface area contributed by atoms with Crippen molar-refractivity contribution in [2.75, 3.05) is 6.61 Å². The fourth-order valence-electron chi connectivity index (χ4n) is 2.94. The Hall–Kier alpha value is -3.14. The van der Waals surface area contributed by atoms with Gasteiger partial charge < -0.3 is 9.15 Å². The van der Waals surface area contributed by atoms with Gasteiger partial charge >= 0.3 is 0 Å². The molecule has 0 aliphatic rings. The standard InChI is InChI=1S/C22H18FNO2/c1-3-25-17-9-10-18(19(23)13-17)15-5-7-16(8-6-15)22-24-20-12-14(2)4-11-21(20)26-22/h4-13H,3H2,1-2H3. The quantitative estimate of drug-likeness (QED) is 0.453. The molecule has 0 unspecified atom stereocenters. The average molecular weight is 347 g/mol. The minimum atomic E-state index is -0.305. The molecule has 0 radical (unpaired) electrons. The molecule has 0 amide bonds. The van der Waals surface area contributed by atoms with Crippen LogP contribution >= 0.6 is 0 Å². The van der Waals surface area contributed by atoms with Gasteiger partial charge in [0, 0.05) is 17.2 Å². The van der Waals surface area contributed by atoms with Gasteiger partial charge in [0.15, 0.2) is 5.58 Å². The summed E-state index contributed by atoms with van der Waals surface area (Å²) in [5.41, 5.74) is 4.91. The molecule has 0 spiro atoms. The van der Waals surface area contributed by atoms with Crippen LogP contribution in [0, 0.1) is 12.7 Å². The number of nitrogens with zero attached hydrogens (tertiary/aromatic N) is 1. The number of benzene rings is 3. The second-order valence-corrected chi connectivity index (χ2v) is 6.14. The molecule has 0 saturated heterocycles. The maximum absolute atomic E-state index is 14.3. The molecule has 0 N–H and O–H groups in total. The van der Waals surface area contributed by atoms with Crippen LogP contribution in [0.5, 0.6) is 5.75 Å². The Bertz CT molecular complexity index is 1070. The largest absolute Gasteiger partial charge is 0.494 e. The molecule has 3 aromatic carbocycles. The number of rotatable bonds is 4. The van der Waals surface area contributed by atoms with E-state index in [-0.39, 0.29) is 5.82 Å². The normalized spacial score (nSPS) is 11.0. The molecule has 130 valence electrons. The van der Waals surface area contributed by atoms with Gasteiger partial charge in [-0.3, -0.25) is 0 Å². The summed E-state index contributed by atoms with van der Waals surface area (Å²) in [5.74, 6) is 0.789. The number of ether oxygens (including phenoxy) is 1. The molecule has 0 saturated carbocycles. The molecule has 1 aromatic heterocycles. The highest BCUT2D eigenvalue weighted by Gasteiger charge is 2.10. The summed E-state index contributed by atoms with van der Waals surface area (Å²) in [6.07, 6.45) is 0. The van der Waals surface area contributed by atoms with Crippen LogP contribution in [0.4, 0.5) is 4.39 Å². The van der Waals surface area contributed by atoms with Crippen LogP contribution in [0.3, 0.4) is 0 Å². The van der Waals surface area contributed by atoms with Crippen LogP contribution in [0.25, 0.3) is 33.7 Å². The van der Waals surface area contributed by atoms with Gasteiger partial charge in [-0.2, -0.15) is 0 Å². The van der Waals surface area contributed by atoms with Gasteiger partial charge in [0.2, 0.25) is 5.89 Å². The molecular formula is C22H18FNO2. The third kappa shape index (κ3) is 3.06. The highest BCUT2D eigenvalue weighted by atomic mass is 19.1. The Morgan fingerprint density at radius 3 is 2.46 bits per heavy atom. The van der Waals surface area contributed by atoms with Gasteiger partial charge in [0.1, 0.15) is 17.1 Å². The van der Waals surface area contributed by atoms with Gasteiger partial charge in [-0.05, 0) is 61.4 Å². The second-order valence-electron chi connectivity index (χ2n) is 6.14. The zero-order valence-electron chi connectivity index (χ0n) is 14.6. The number of aryl methyl sites for hydroxylation is 1. The van der Waals surface area contributed by atoms with Crippen LogP contribution < -0.4 is 4.74 Å². The Morgan fingerprint density at radius 2 is 1.73 bits per heavy atom.